The van der Waals surface area contributed by atoms with Gasteiger partial charge in [-0.2, -0.15) is 0 Å². The van der Waals surface area contributed by atoms with Crippen LogP contribution >= 0.6 is 0 Å². The molecular weight excluding hydrogens is 316 g/mol. The number of carbonyl (C=O) groups is 1. The first-order chi connectivity index (χ1) is 12.2. The Morgan fingerprint density at radius 1 is 1.20 bits per heavy atom. The summed E-state index contributed by atoms with van der Waals surface area (Å²) in [5.74, 6) is 2.18. The van der Waals surface area contributed by atoms with Gasteiger partial charge in [-0.25, -0.2) is 15.0 Å². The Hall–Kier alpha value is -2.44. The van der Waals surface area contributed by atoms with E-state index in [1.165, 1.54) is 0 Å². The SMILES string of the molecule is Cc1cn2c(n1)CC[C@@H](NC(=O)C1CCN(c3ncccn3)CC1)C2. The molecule has 132 valence electrons. The summed E-state index contributed by atoms with van der Waals surface area (Å²) in [6.45, 7) is 4.51. The molecule has 1 amide bonds. The third-order valence-corrected chi connectivity index (χ3v) is 5.16. The van der Waals surface area contributed by atoms with Gasteiger partial charge in [-0.1, -0.05) is 0 Å². The molecule has 2 aliphatic rings. The zero-order valence-corrected chi connectivity index (χ0v) is 14.6. The number of carbonyl (C=O) groups excluding carboxylic acids is 1. The number of anilines is 1. The van der Waals surface area contributed by atoms with E-state index in [0.717, 1.165) is 62.8 Å². The highest BCUT2D eigenvalue weighted by Gasteiger charge is 2.28. The molecule has 0 aromatic carbocycles. The average Bonchev–Trinajstić information content (AvgIpc) is 3.02. The summed E-state index contributed by atoms with van der Waals surface area (Å²) in [5.41, 5.74) is 1.05. The number of nitrogens with zero attached hydrogens (tertiary/aromatic N) is 5. The van der Waals surface area contributed by atoms with Crippen molar-refractivity contribution < 1.29 is 4.79 Å². The number of hydrogen-bond acceptors (Lipinski definition) is 5. The normalized spacial score (nSPS) is 21.0. The molecule has 4 rings (SSSR count). The second-order valence-corrected chi connectivity index (χ2v) is 7.01. The van der Waals surface area contributed by atoms with Gasteiger partial charge in [0, 0.05) is 56.6 Å². The molecule has 1 fully saturated rings. The Balaban J connectivity index is 1.30. The lowest BCUT2D eigenvalue weighted by Crippen LogP contribution is -2.46. The van der Waals surface area contributed by atoms with Gasteiger partial charge in [-0.3, -0.25) is 4.79 Å². The first-order valence-corrected chi connectivity index (χ1v) is 9.04. The molecular formula is C18H24N6O. The smallest absolute Gasteiger partial charge is 0.225 e. The summed E-state index contributed by atoms with van der Waals surface area (Å²) >= 11 is 0. The van der Waals surface area contributed by atoms with Crippen molar-refractivity contribution in [1.82, 2.24) is 24.8 Å². The molecule has 1 saturated heterocycles. The summed E-state index contributed by atoms with van der Waals surface area (Å²) in [6, 6.07) is 2.03. The summed E-state index contributed by atoms with van der Waals surface area (Å²) in [7, 11) is 0. The predicted octanol–water partition coefficient (Wildman–Crippen LogP) is 1.33. The van der Waals surface area contributed by atoms with Gasteiger partial charge in [0.15, 0.2) is 0 Å². The van der Waals surface area contributed by atoms with Crippen molar-refractivity contribution in [3.63, 3.8) is 0 Å². The molecule has 25 heavy (non-hydrogen) atoms. The van der Waals surface area contributed by atoms with Crippen LogP contribution in [0.15, 0.2) is 24.7 Å². The van der Waals surface area contributed by atoms with Crippen molar-refractivity contribution in [3.05, 3.63) is 36.2 Å². The highest BCUT2D eigenvalue weighted by molar-refractivity contribution is 5.79. The minimum absolute atomic E-state index is 0.0888. The Morgan fingerprint density at radius 2 is 1.96 bits per heavy atom. The third kappa shape index (κ3) is 3.50. The largest absolute Gasteiger partial charge is 0.351 e. The zero-order valence-electron chi connectivity index (χ0n) is 14.6. The van der Waals surface area contributed by atoms with Crippen LogP contribution in [-0.2, 0) is 17.8 Å². The van der Waals surface area contributed by atoms with Crippen molar-refractivity contribution in [1.29, 1.82) is 0 Å². The second kappa shape index (κ2) is 6.82. The standard InChI is InChI=1S/C18H24N6O/c1-13-11-24-12-15(3-4-16(24)21-13)22-17(25)14-5-9-23(10-6-14)18-19-7-2-8-20-18/h2,7-8,11,14-15H,3-6,9-10,12H2,1H3,(H,22,25)/t15-/m1/s1. The van der Waals surface area contributed by atoms with Crippen molar-refractivity contribution in [2.45, 2.75) is 45.2 Å². The highest BCUT2D eigenvalue weighted by Crippen LogP contribution is 2.21. The maximum atomic E-state index is 12.6. The van der Waals surface area contributed by atoms with E-state index in [1.54, 1.807) is 12.4 Å². The molecule has 0 aliphatic carbocycles. The van der Waals surface area contributed by atoms with Crippen LogP contribution in [0.25, 0.3) is 0 Å². The van der Waals surface area contributed by atoms with Gasteiger partial charge in [-0.15, -0.1) is 0 Å². The minimum atomic E-state index is 0.0888. The average molecular weight is 340 g/mol. The maximum Gasteiger partial charge on any atom is 0.225 e. The van der Waals surface area contributed by atoms with E-state index in [9.17, 15) is 4.79 Å². The van der Waals surface area contributed by atoms with Crippen molar-refractivity contribution in [2.75, 3.05) is 18.0 Å². The molecule has 1 atom stereocenters. The van der Waals surface area contributed by atoms with Crippen LogP contribution in [0.4, 0.5) is 5.95 Å². The van der Waals surface area contributed by atoms with Crippen LogP contribution < -0.4 is 10.2 Å². The number of rotatable bonds is 3. The molecule has 4 heterocycles. The number of amides is 1. The van der Waals surface area contributed by atoms with E-state index < -0.39 is 0 Å². The summed E-state index contributed by atoms with van der Waals surface area (Å²) in [4.78, 5) is 27.9. The van der Waals surface area contributed by atoms with Gasteiger partial charge < -0.3 is 14.8 Å². The number of nitrogens with one attached hydrogen (secondary N) is 1. The van der Waals surface area contributed by atoms with Gasteiger partial charge >= 0.3 is 0 Å². The van der Waals surface area contributed by atoms with E-state index in [1.807, 2.05) is 13.0 Å². The van der Waals surface area contributed by atoms with E-state index in [0.29, 0.717) is 0 Å². The van der Waals surface area contributed by atoms with Crippen LogP contribution in [0.2, 0.25) is 0 Å². The Labute approximate surface area is 147 Å². The quantitative estimate of drug-likeness (QED) is 0.912. The molecule has 0 spiro atoms. The van der Waals surface area contributed by atoms with E-state index in [4.69, 9.17) is 0 Å². The minimum Gasteiger partial charge on any atom is -0.351 e. The van der Waals surface area contributed by atoms with Crippen LogP contribution in [0.3, 0.4) is 0 Å². The van der Waals surface area contributed by atoms with Crippen LogP contribution in [0.1, 0.15) is 30.8 Å². The van der Waals surface area contributed by atoms with Gasteiger partial charge in [0.05, 0.1) is 5.69 Å². The van der Waals surface area contributed by atoms with Gasteiger partial charge in [0.2, 0.25) is 11.9 Å². The lowest BCUT2D eigenvalue weighted by Gasteiger charge is -2.32. The van der Waals surface area contributed by atoms with Crippen LogP contribution in [0, 0.1) is 12.8 Å². The summed E-state index contributed by atoms with van der Waals surface area (Å²) in [6.07, 6.45) is 9.21. The number of hydrogen-bond donors (Lipinski definition) is 1. The van der Waals surface area contributed by atoms with E-state index >= 15 is 0 Å². The molecule has 7 heteroatoms. The molecule has 7 nitrogen and oxygen atoms in total. The van der Waals surface area contributed by atoms with Crippen molar-refractivity contribution in [3.8, 4) is 0 Å². The molecule has 2 aromatic rings. The van der Waals surface area contributed by atoms with Crippen LogP contribution in [-0.4, -0.2) is 44.6 Å². The fourth-order valence-electron chi connectivity index (χ4n) is 3.82. The zero-order chi connectivity index (χ0) is 17.2. The Morgan fingerprint density at radius 3 is 2.72 bits per heavy atom. The number of aryl methyl sites for hydroxylation is 2. The molecule has 0 saturated carbocycles. The monoisotopic (exact) mass is 340 g/mol. The maximum absolute atomic E-state index is 12.6. The summed E-state index contributed by atoms with van der Waals surface area (Å²) in [5, 5.41) is 3.26. The lowest BCUT2D eigenvalue weighted by molar-refractivity contribution is -0.126. The van der Waals surface area contributed by atoms with E-state index in [2.05, 4.69) is 35.9 Å². The Bertz CT molecular complexity index is 735. The molecule has 1 N–H and O–H groups in total. The molecule has 0 radical (unpaired) electrons. The van der Waals surface area contributed by atoms with Crippen molar-refractivity contribution in [2.24, 2.45) is 5.92 Å². The third-order valence-electron chi connectivity index (χ3n) is 5.16. The second-order valence-electron chi connectivity index (χ2n) is 7.01. The van der Waals surface area contributed by atoms with E-state index in [-0.39, 0.29) is 17.9 Å². The first-order valence-electron chi connectivity index (χ1n) is 9.04. The predicted molar refractivity (Wildman–Crippen MR) is 94.2 cm³/mol. The molecule has 0 unspecified atom stereocenters. The van der Waals surface area contributed by atoms with Crippen LogP contribution in [0.5, 0.6) is 0 Å². The van der Waals surface area contributed by atoms with Gasteiger partial charge in [-0.05, 0) is 32.3 Å². The molecule has 0 bridgehead atoms. The fourth-order valence-corrected chi connectivity index (χ4v) is 3.82. The topological polar surface area (TPSA) is 75.9 Å². The Kier molecular flexibility index (Phi) is 4.38. The number of piperidine rings is 1. The van der Waals surface area contributed by atoms with Gasteiger partial charge in [0.25, 0.3) is 0 Å². The number of fused-ring (bicyclic) bond motifs is 1. The molecule has 2 aromatic heterocycles. The summed E-state index contributed by atoms with van der Waals surface area (Å²) < 4.78 is 2.18. The lowest BCUT2D eigenvalue weighted by atomic mass is 9.95. The highest BCUT2D eigenvalue weighted by atomic mass is 16.2. The number of imidazole rings is 1. The fraction of sp³-hybridized carbons (Fsp3) is 0.556. The van der Waals surface area contributed by atoms with Crippen molar-refractivity contribution >= 4 is 11.9 Å². The first kappa shape index (κ1) is 16.1. The number of aromatic nitrogens is 4. The van der Waals surface area contributed by atoms with Gasteiger partial charge in [0.1, 0.15) is 5.82 Å². The molecule has 2 aliphatic heterocycles.